The van der Waals surface area contributed by atoms with Crippen LogP contribution in [0, 0.1) is 5.92 Å². The van der Waals surface area contributed by atoms with E-state index in [1.165, 1.54) is 0 Å². The van der Waals surface area contributed by atoms with E-state index in [1.54, 1.807) is 24.3 Å². The number of aliphatic hydroxyl groups excluding tert-OH is 1. The van der Waals surface area contributed by atoms with E-state index in [-0.39, 0.29) is 18.3 Å². The minimum absolute atomic E-state index is 0.0640. The molecular formula is C12H20N2O3S. The molecular weight excluding hydrogens is 252 g/mol. The van der Waals surface area contributed by atoms with Crippen molar-refractivity contribution < 1.29 is 13.5 Å². The molecule has 1 rings (SSSR count). The number of nitrogens with one attached hydrogen (secondary N) is 1. The third-order valence-corrected chi connectivity index (χ3v) is 3.97. The summed E-state index contributed by atoms with van der Waals surface area (Å²) in [5, 5.41) is 8.74. The Morgan fingerprint density at radius 3 is 2.67 bits per heavy atom. The summed E-state index contributed by atoms with van der Waals surface area (Å²) in [4.78, 5) is 0. The lowest BCUT2D eigenvalue weighted by atomic mass is 10.1. The molecule has 0 aliphatic heterocycles. The van der Waals surface area contributed by atoms with Crippen LogP contribution in [-0.2, 0) is 15.8 Å². The van der Waals surface area contributed by atoms with Gasteiger partial charge in [0.05, 0.1) is 5.75 Å². The summed E-state index contributed by atoms with van der Waals surface area (Å²) in [6.45, 7) is 2.28. The van der Waals surface area contributed by atoms with Gasteiger partial charge in [0.15, 0.2) is 0 Å². The molecule has 0 heterocycles. The number of anilines is 1. The zero-order valence-electron chi connectivity index (χ0n) is 10.5. The van der Waals surface area contributed by atoms with E-state index in [0.717, 1.165) is 0 Å². The fraction of sp³-hybridized carbons (Fsp3) is 0.500. The van der Waals surface area contributed by atoms with Crippen LogP contribution < -0.4 is 10.5 Å². The summed E-state index contributed by atoms with van der Waals surface area (Å²) < 4.78 is 26.2. The minimum atomic E-state index is -3.38. The molecule has 0 aliphatic carbocycles. The molecule has 1 aromatic rings. The van der Waals surface area contributed by atoms with Crippen LogP contribution in [0.3, 0.4) is 0 Å². The zero-order chi connectivity index (χ0) is 13.6. The first-order valence-corrected chi connectivity index (χ1v) is 7.51. The number of para-hydroxylation sites is 1. The average molecular weight is 272 g/mol. The van der Waals surface area contributed by atoms with Gasteiger partial charge in [0.25, 0.3) is 0 Å². The fourth-order valence-electron chi connectivity index (χ4n) is 1.51. The van der Waals surface area contributed by atoms with Crippen molar-refractivity contribution in [2.75, 3.05) is 18.9 Å². The van der Waals surface area contributed by atoms with Gasteiger partial charge in [-0.2, -0.15) is 0 Å². The van der Waals surface area contributed by atoms with Crippen LogP contribution in [0.15, 0.2) is 24.3 Å². The number of hydrogen-bond acceptors (Lipinski definition) is 4. The number of nitrogens with two attached hydrogens (primary N) is 1. The van der Waals surface area contributed by atoms with E-state index < -0.39 is 10.0 Å². The summed E-state index contributed by atoms with van der Waals surface area (Å²) in [6.07, 6.45) is 0.579. The number of aliphatic hydroxyl groups is 1. The molecule has 0 saturated heterocycles. The summed E-state index contributed by atoms with van der Waals surface area (Å²) in [5.41, 5.74) is 6.78. The van der Waals surface area contributed by atoms with Crippen molar-refractivity contribution >= 4 is 15.7 Å². The molecule has 1 aromatic carbocycles. The molecule has 0 radical (unpaired) electrons. The Hall–Kier alpha value is -1.11. The molecule has 6 heteroatoms. The molecule has 18 heavy (non-hydrogen) atoms. The van der Waals surface area contributed by atoms with Gasteiger partial charge in [0.1, 0.15) is 0 Å². The quantitative estimate of drug-likeness (QED) is 0.637. The van der Waals surface area contributed by atoms with Crippen LogP contribution in [0.2, 0.25) is 0 Å². The Balaban J connectivity index is 2.58. The SMILES string of the molecule is CC(CCO)CNS(=O)(=O)Cc1ccccc1N. The van der Waals surface area contributed by atoms with Gasteiger partial charge in [-0.3, -0.25) is 0 Å². The maximum atomic E-state index is 11.8. The van der Waals surface area contributed by atoms with Gasteiger partial charge in [0.2, 0.25) is 10.0 Å². The molecule has 0 bridgehead atoms. The average Bonchev–Trinajstić information content (AvgIpc) is 2.30. The topological polar surface area (TPSA) is 92.4 Å². The van der Waals surface area contributed by atoms with Crippen LogP contribution in [0.25, 0.3) is 0 Å². The van der Waals surface area contributed by atoms with E-state index in [9.17, 15) is 8.42 Å². The lowest BCUT2D eigenvalue weighted by Gasteiger charge is -2.12. The van der Waals surface area contributed by atoms with Crippen LogP contribution in [0.1, 0.15) is 18.9 Å². The van der Waals surface area contributed by atoms with Crippen LogP contribution in [-0.4, -0.2) is 26.7 Å². The Kier molecular flexibility index (Phi) is 5.58. The van der Waals surface area contributed by atoms with E-state index in [4.69, 9.17) is 10.8 Å². The van der Waals surface area contributed by atoms with Crippen molar-refractivity contribution in [3.63, 3.8) is 0 Å². The van der Waals surface area contributed by atoms with E-state index in [1.807, 2.05) is 6.92 Å². The Labute approximate surface area is 108 Å². The van der Waals surface area contributed by atoms with Gasteiger partial charge < -0.3 is 10.8 Å². The van der Waals surface area contributed by atoms with Gasteiger partial charge >= 0.3 is 0 Å². The highest BCUT2D eigenvalue weighted by molar-refractivity contribution is 7.88. The number of sulfonamides is 1. The normalized spacial score (nSPS) is 13.4. The third-order valence-electron chi connectivity index (χ3n) is 2.67. The highest BCUT2D eigenvalue weighted by Gasteiger charge is 2.14. The molecule has 0 aromatic heterocycles. The fourth-order valence-corrected chi connectivity index (χ4v) is 2.83. The first-order valence-electron chi connectivity index (χ1n) is 5.86. The summed E-state index contributed by atoms with van der Waals surface area (Å²) in [5.74, 6) is -0.0104. The van der Waals surface area contributed by atoms with Gasteiger partial charge in [-0.1, -0.05) is 25.1 Å². The number of hydrogen-bond donors (Lipinski definition) is 3. The minimum Gasteiger partial charge on any atom is -0.398 e. The first-order chi connectivity index (χ1) is 8.44. The molecule has 0 spiro atoms. The Bertz CT molecular complexity index is 474. The summed E-state index contributed by atoms with van der Waals surface area (Å²) in [6, 6.07) is 6.91. The van der Waals surface area contributed by atoms with Crippen molar-refractivity contribution in [2.24, 2.45) is 5.92 Å². The predicted molar refractivity (Wildman–Crippen MR) is 72.3 cm³/mol. The van der Waals surface area contributed by atoms with E-state index in [0.29, 0.717) is 24.2 Å². The van der Waals surface area contributed by atoms with E-state index in [2.05, 4.69) is 4.72 Å². The smallest absolute Gasteiger partial charge is 0.215 e. The second-order valence-electron chi connectivity index (χ2n) is 4.42. The van der Waals surface area contributed by atoms with E-state index >= 15 is 0 Å². The zero-order valence-corrected chi connectivity index (χ0v) is 11.3. The molecule has 5 nitrogen and oxygen atoms in total. The second-order valence-corrected chi connectivity index (χ2v) is 6.23. The molecule has 0 amide bonds. The third kappa shape index (κ3) is 5.03. The summed E-state index contributed by atoms with van der Waals surface area (Å²) >= 11 is 0. The van der Waals surface area contributed by atoms with Crippen molar-refractivity contribution in [2.45, 2.75) is 19.1 Å². The van der Waals surface area contributed by atoms with Crippen LogP contribution >= 0.6 is 0 Å². The van der Waals surface area contributed by atoms with Gasteiger partial charge in [0, 0.05) is 18.8 Å². The molecule has 1 atom stereocenters. The number of benzene rings is 1. The predicted octanol–water partition coefficient (Wildman–Crippen LogP) is 0.707. The lowest BCUT2D eigenvalue weighted by Crippen LogP contribution is -2.30. The molecule has 1 unspecified atom stereocenters. The standard InChI is InChI=1S/C12H20N2O3S/c1-10(6-7-15)8-14-18(16,17)9-11-4-2-3-5-12(11)13/h2-5,10,14-15H,6-9,13H2,1H3. The molecule has 0 fully saturated rings. The maximum absolute atomic E-state index is 11.8. The highest BCUT2D eigenvalue weighted by atomic mass is 32.2. The number of rotatable bonds is 7. The lowest BCUT2D eigenvalue weighted by molar-refractivity contribution is 0.263. The molecule has 0 aliphatic rings. The molecule has 4 N–H and O–H groups in total. The van der Waals surface area contributed by atoms with Crippen LogP contribution in [0.5, 0.6) is 0 Å². The van der Waals surface area contributed by atoms with Gasteiger partial charge in [-0.25, -0.2) is 13.1 Å². The first kappa shape index (κ1) is 14.9. The second kappa shape index (κ2) is 6.72. The van der Waals surface area contributed by atoms with Crippen molar-refractivity contribution in [3.05, 3.63) is 29.8 Å². The summed E-state index contributed by atoms with van der Waals surface area (Å²) in [7, 11) is -3.38. The van der Waals surface area contributed by atoms with Crippen LogP contribution in [0.4, 0.5) is 5.69 Å². The Morgan fingerprint density at radius 1 is 1.39 bits per heavy atom. The van der Waals surface area contributed by atoms with Gasteiger partial charge in [-0.15, -0.1) is 0 Å². The Morgan fingerprint density at radius 2 is 2.06 bits per heavy atom. The largest absolute Gasteiger partial charge is 0.398 e. The van der Waals surface area contributed by atoms with Gasteiger partial charge in [-0.05, 0) is 24.0 Å². The van der Waals surface area contributed by atoms with Crippen molar-refractivity contribution in [1.29, 1.82) is 0 Å². The van der Waals surface area contributed by atoms with Crippen molar-refractivity contribution in [1.82, 2.24) is 4.72 Å². The number of nitrogen functional groups attached to an aromatic ring is 1. The highest BCUT2D eigenvalue weighted by Crippen LogP contribution is 2.13. The van der Waals surface area contributed by atoms with Crippen molar-refractivity contribution in [3.8, 4) is 0 Å². The molecule has 102 valence electrons. The molecule has 0 saturated carbocycles. The maximum Gasteiger partial charge on any atom is 0.215 e. The monoisotopic (exact) mass is 272 g/mol.